The summed E-state index contributed by atoms with van der Waals surface area (Å²) in [5.41, 5.74) is 2.83. The van der Waals surface area contributed by atoms with Crippen molar-refractivity contribution in [1.29, 1.82) is 0 Å². The lowest BCUT2D eigenvalue weighted by molar-refractivity contribution is 0.245. The van der Waals surface area contributed by atoms with Crippen molar-refractivity contribution in [1.82, 2.24) is 5.32 Å². The number of hydrogen-bond acceptors (Lipinski definition) is 2. The average Bonchev–Trinajstić information content (AvgIpc) is 2.94. The molecule has 0 spiro atoms. The molecule has 2 nitrogen and oxygen atoms in total. The molecule has 2 heterocycles. The van der Waals surface area contributed by atoms with Crippen LogP contribution in [0.5, 0.6) is 5.75 Å². The molecular weight excluding hydrogens is 234 g/mol. The zero-order valence-corrected chi connectivity index (χ0v) is 11.5. The van der Waals surface area contributed by atoms with Gasteiger partial charge in [0.15, 0.2) is 0 Å². The first-order valence-corrected chi connectivity index (χ1v) is 7.92. The van der Waals surface area contributed by atoms with Gasteiger partial charge in [0.1, 0.15) is 5.75 Å². The van der Waals surface area contributed by atoms with Gasteiger partial charge in [-0.25, -0.2) is 0 Å². The van der Waals surface area contributed by atoms with Gasteiger partial charge in [-0.1, -0.05) is 24.6 Å². The summed E-state index contributed by atoms with van der Waals surface area (Å²) in [6.45, 7) is 0.892. The van der Waals surface area contributed by atoms with Crippen molar-refractivity contribution < 1.29 is 4.74 Å². The van der Waals surface area contributed by atoms with E-state index in [0.29, 0.717) is 6.04 Å². The van der Waals surface area contributed by atoms with Crippen LogP contribution in [0.2, 0.25) is 0 Å². The fraction of sp³-hybridized carbons (Fsp3) is 0.647. The van der Waals surface area contributed by atoms with E-state index in [-0.39, 0.29) is 0 Å². The molecule has 1 aromatic rings. The van der Waals surface area contributed by atoms with Crippen molar-refractivity contribution in [3.05, 3.63) is 29.3 Å². The quantitative estimate of drug-likeness (QED) is 0.830. The molecule has 1 aromatic carbocycles. The molecule has 0 amide bonds. The molecule has 1 saturated heterocycles. The Morgan fingerprint density at radius 3 is 3.05 bits per heavy atom. The Morgan fingerprint density at radius 2 is 2.05 bits per heavy atom. The van der Waals surface area contributed by atoms with Gasteiger partial charge in [0.05, 0.1) is 6.61 Å². The molecule has 3 atom stereocenters. The summed E-state index contributed by atoms with van der Waals surface area (Å²) >= 11 is 0. The molecule has 3 aliphatic rings. The van der Waals surface area contributed by atoms with E-state index < -0.39 is 0 Å². The van der Waals surface area contributed by atoms with Crippen LogP contribution in [-0.2, 0) is 6.42 Å². The number of ether oxygens (including phenoxy) is 1. The van der Waals surface area contributed by atoms with Crippen molar-refractivity contribution in [3.8, 4) is 5.75 Å². The Hall–Kier alpha value is -1.02. The molecule has 2 aliphatic heterocycles. The molecule has 3 unspecified atom stereocenters. The molecule has 0 bridgehead atoms. The van der Waals surface area contributed by atoms with E-state index in [2.05, 4.69) is 23.5 Å². The van der Waals surface area contributed by atoms with Crippen LogP contribution in [0.3, 0.4) is 0 Å². The first kappa shape index (κ1) is 11.8. The Morgan fingerprint density at radius 1 is 1.05 bits per heavy atom. The van der Waals surface area contributed by atoms with Crippen molar-refractivity contribution in [2.24, 2.45) is 5.92 Å². The summed E-state index contributed by atoms with van der Waals surface area (Å²) in [5.74, 6) is 2.14. The van der Waals surface area contributed by atoms with Crippen LogP contribution in [0.4, 0.5) is 0 Å². The van der Waals surface area contributed by atoms with Gasteiger partial charge in [-0.05, 0) is 50.0 Å². The fourth-order valence-corrected chi connectivity index (χ4v) is 4.26. The predicted octanol–water partition coefficient (Wildman–Crippen LogP) is 3.60. The summed E-state index contributed by atoms with van der Waals surface area (Å²) in [6, 6.07) is 8.01. The van der Waals surface area contributed by atoms with E-state index in [1.807, 2.05) is 0 Å². The maximum atomic E-state index is 5.98. The van der Waals surface area contributed by atoms with Gasteiger partial charge >= 0.3 is 0 Å². The summed E-state index contributed by atoms with van der Waals surface area (Å²) in [5, 5.41) is 3.90. The third kappa shape index (κ3) is 2.06. The summed E-state index contributed by atoms with van der Waals surface area (Å²) in [4.78, 5) is 0. The SMILES string of the molecule is c1cc2c(c(C3CCC4CCCC4N3)c1)OCCC2. The number of benzene rings is 1. The normalized spacial score (nSPS) is 33.4. The highest BCUT2D eigenvalue weighted by Gasteiger charge is 2.35. The van der Waals surface area contributed by atoms with Crippen molar-refractivity contribution in [3.63, 3.8) is 0 Å². The van der Waals surface area contributed by atoms with Crippen LogP contribution in [-0.4, -0.2) is 12.6 Å². The molecule has 4 rings (SSSR count). The highest BCUT2D eigenvalue weighted by molar-refractivity contribution is 5.44. The van der Waals surface area contributed by atoms with Gasteiger partial charge in [0.2, 0.25) is 0 Å². The highest BCUT2D eigenvalue weighted by Crippen LogP contribution is 2.41. The molecular formula is C17H23NO. The Labute approximate surface area is 115 Å². The first-order chi connectivity index (χ1) is 9.42. The Kier molecular flexibility index (Phi) is 2.99. The summed E-state index contributed by atoms with van der Waals surface area (Å²) < 4.78 is 5.98. The van der Waals surface area contributed by atoms with E-state index in [4.69, 9.17) is 4.74 Å². The van der Waals surface area contributed by atoms with Gasteiger partial charge in [-0.15, -0.1) is 0 Å². The monoisotopic (exact) mass is 257 g/mol. The van der Waals surface area contributed by atoms with Gasteiger partial charge in [0, 0.05) is 17.6 Å². The van der Waals surface area contributed by atoms with Crippen LogP contribution >= 0.6 is 0 Å². The second-order valence-corrected chi connectivity index (χ2v) is 6.38. The number of hydrogen-bond donors (Lipinski definition) is 1. The number of nitrogens with one attached hydrogen (secondary N) is 1. The van der Waals surface area contributed by atoms with E-state index >= 15 is 0 Å². The van der Waals surface area contributed by atoms with Crippen LogP contribution in [0.25, 0.3) is 0 Å². The molecule has 2 heteroatoms. The Bertz CT molecular complexity index is 470. The Balaban J connectivity index is 1.62. The smallest absolute Gasteiger partial charge is 0.127 e. The maximum Gasteiger partial charge on any atom is 0.127 e. The van der Waals surface area contributed by atoms with Crippen molar-refractivity contribution in [2.75, 3.05) is 6.61 Å². The molecule has 19 heavy (non-hydrogen) atoms. The third-order valence-electron chi connectivity index (χ3n) is 5.24. The highest BCUT2D eigenvalue weighted by atomic mass is 16.5. The van der Waals surface area contributed by atoms with E-state index in [9.17, 15) is 0 Å². The molecule has 102 valence electrons. The fourth-order valence-electron chi connectivity index (χ4n) is 4.26. The lowest BCUT2D eigenvalue weighted by Crippen LogP contribution is -2.40. The lowest BCUT2D eigenvalue weighted by atomic mass is 9.86. The first-order valence-electron chi connectivity index (χ1n) is 7.92. The zero-order valence-electron chi connectivity index (χ0n) is 11.5. The van der Waals surface area contributed by atoms with Gasteiger partial charge < -0.3 is 10.1 Å². The number of aryl methyl sites for hydroxylation is 1. The number of para-hydroxylation sites is 1. The third-order valence-corrected chi connectivity index (χ3v) is 5.24. The van der Waals surface area contributed by atoms with E-state index in [1.54, 1.807) is 0 Å². The molecule has 0 aromatic heterocycles. The van der Waals surface area contributed by atoms with Gasteiger partial charge in [-0.2, -0.15) is 0 Å². The van der Waals surface area contributed by atoms with E-state index in [0.717, 1.165) is 18.6 Å². The lowest BCUT2D eigenvalue weighted by Gasteiger charge is -2.35. The largest absolute Gasteiger partial charge is 0.493 e. The minimum atomic E-state index is 0.521. The molecule has 2 fully saturated rings. The average molecular weight is 257 g/mol. The number of piperidine rings is 1. The summed E-state index contributed by atoms with van der Waals surface area (Å²) in [7, 11) is 0. The predicted molar refractivity (Wildman–Crippen MR) is 76.5 cm³/mol. The van der Waals surface area contributed by atoms with Crippen molar-refractivity contribution in [2.45, 2.75) is 57.0 Å². The maximum absolute atomic E-state index is 5.98. The number of rotatable bonds is 1. The van der Waals surface area contributed by atoms with Gasteiger partial charge in [-0.3, -0.25) is 0 Å². The van der Waals surface area contributed by atoms with Crippen LogP contribution in [0, 0.1) is 5.92 Å². The minimum Gasteiger partial charge on any atom is -0.493 e. The van der Waals surface area contributed by atoms with Crippen molar-refractivity contribution >= 4 is 0 Å². The molecule has 1 aliphatic carbocycles. The van der Waals surface area contributed by atoms with E-state index in [1.165, 1.54) is 61.8 Å². The molecule has 1 saturated carbocycles. The van der Waals surface area contributed by atoms with Gasteiger partial charge in [0.25, 0.3) is 0 Å². The van der Waals surface area contributed by atoms with Crippen LogP contribution < -0.4 is 10.1 Å². The topological polar surface area (TPSA) is 21.3 Å². The second-order valence-electron chi connectivity index (χ2n) is 6.38. The minimum absolute atomic E-state index is 0.521. The number of fused-ring (bicyclic) bond motifs is 2. The molecule has 1 N–H and O–H groups in total. The van der Waals surface area contributed by atoms with Crippen LogP contribution in [0.1, 0.15) is 55.7 Å². The standard InChI is InChI=1S/C17H23NO/c1-5-13-6-3-11-19-17(13)14(7-1)16-10-9-12-4-2-8-15(12)18-16/h1,5,7,12,15-16,18H,2-4,6,8-11H2. The zero-order chi connectivity index (χ0) is 12.7. The second kappa shape index (κ2) is 4.82. The summed E-state index contributed by atoms with van der Waals surface area (Å²) in [6.07, 6.45) is 9.25. The molecule has 0 radical (unpaired) electrons. The van der Waals surface area contributed by atoms with Crippen LogP contribution in [0.15, 0.2) is 18.2 Å².